The molecule has 0 bridgehead atoms. The topological polar surface area (TPSA) is 25.8 Å². The summed E-state index contributed by atoms with van der Waals surface area (Å²) in [6.07, 6.45) is -3.24. The molecule has 2 nitrogen and oxygen atoms in total. The first-order chi connectivity index (χ1) is 7.18. The quantitative estimate of drug-likeness (QED) is 0.476. The third-order valence-corrected chi connectivity index (χ3v) is 6.05. The second-order valence-corrected chi connectivity index (χ2v) is 11.5. The van der Waals surface area contributed by atoms with E-state index >= 15 is 0 Å². The smallest absolute Gasteiger partial charge is 0.231 e. The number of rotatable bonds is 3. The van der Waals surface area contributed by atoms with Crippen LogP contribution in [0.1, 0.15) is 5.69 Å². The van der Waals surface area contributed by atoms with Crippen molar-refractivity contribution in [2.75, 3.05) is 5.38 Å². The second-order valence-electron chi connectivity index (χ2n) is 4.57. The molecule has 0 atom stereocenters. The highest BCUT2D eigenvalue weighted by atomic mass is 32.2. The molecule has 0 spiro atoms. The minimum absolute atomic E-state index is 0.206. The summed E-state index contributed by atoms with van der Waals surface area (Å²) in [7, 11) is -1.30. The minimum atomic E-state index is -4.39. The Bertz CT molecular complexity index is 363. The molecule has 90 valence electrons. The second kappa shape index (κ2) is 4.75. The van der Waals surface area contributed by atoms with Gasteiger partial charge < -0.3 is 0 Å². The molecule has 0 aliphatic rings. The number of nitrogens with zero attached hydrogens (tertiary/aromatic N) is 2. The van der Waals surface area contributed by atoms with Gasteiger partial charge in [-0.05, 0) is 11.4 Å². The molecular weight excluding hydrogens is 253 g/mol. The molecule has 1 aromatic heterocycles. The minimum Gasteiger partial charge on any atom is -0.231 e. The van der Waals surface area contributed by atoms with Gasteiger partial charge >= 0.3 is 6.18 Å². The number of hydrogen-bond acceptors (Lipinski definition) is 3. The van der Waals surface area contributed by atoms with Crippen molar-refractivity contribution in [3.63, 3.8) is 0 Å². The van der Waals surface area contributed by atoms with Crippen LogP contribution in [0, 0.1) is 0 Å². The number of thioether (sulfide) groups is 1. The monoisotopic (exact) mass is 266 g/mol. The zero-order valence-electron chi connectivity index (χ0n) is 9.30. The lowest BCUT2D eigenvalue weighted by atomic mass is 10.4. The molecule has 1 heterocycles. The van der Waals surface area contributed by atoms with Crippen LogP contribution in [0.2, 0.25) is 19.6 Å². The van der Waals surface area contributed by atoms with E-state index in [4.69, 9.17) is 0 Å². The van der Waals surface area contributed by atoms with Crippen LogP contribution in [0.25, 0.3) is 0 Å². The summed E-state index contributed by atoms with van der Waals surface area (Å²) in [5, 5.41) is 1.02. The molecule has 0 amide bonds. The van der Waals surface area contributed by atoms with E-state index in [2.05, 4.69) is 29.6 Å². The summed E-state index contributed by atoms with van der Waals surface area (Å²) in [6, 6.07) is 0.887. The molecule has 16 heavy (non-hydrogen) atoms. The first-order valence-electron chi connectivity index (χ1n) is 4.71. The number of alkyl halides is 3. The average Bonchev–Trinajstić information content (AvgIpc) is 2.13. The van der Waals surface area contributed by atoms with Crippen molar-refractivity contribution in [2.24, 2.45) is 0 Å². The van der Waals surface area contributed by atoms with Gasteiger partial charge in [0.05, 0.1) is 8.07 Å². The lowest BCUT2D eigenvalue weighted by Gasteiger charge is -2.14. The number of aromatic nitrogens is 2. The number of halogens is 3. The highest BCUT2D eigenvalue weighted by molar-refractivity contribution is 8.00. The lowest BCUT2D eigenvalue weighted by molar-refractivity contribution is -0.141. The van der Waals surface area contributed by atoms with Crippen molar-refractivity contribution >= 4 is 19.8 Å². The predicted molar refractivity (Wildman–Crippen MR) is 61.1 cm³/mol. The molecule has 0 fully saturated rings. The molecular formula is C9H13F3N2SSi. The Morgan fingerprint density at radius 2 is 1.94 bits per heavy atom. The Hall–Kier alpha value is -0.563. The van der Waals surface area contributed by atoms with Gasteiger partial charge in [-0.15, -0.1) is 0 Å². The summed E-state index contributed by atoms with van der Waals surface area (Å²) in [5.74, 6) is 0. The molecule has 7 heteroatoms. The zero-order chi connectivity index (χ0) is 12.4. The van der Waals surface area contributed by atoms with E-state index < -0.39 is 19.9 Å². The fourth-order valence-corrected chi connectivity index (χ4v) is 3.40. The molecule has 0 aliphatic heterocycles. The van der Waals surface area contributed by atoms with Gasteiger partial charge in [0, 0.05) is 6.20 Å². The maximum atomic E-state index is 12.4. The van der Waals surface area contributed by atoms with Gasteiger partial charge in [-0.2, -0.15) is 13.2 Å². The van der Waals surface area contributed by atoms with Crippen molar-refractivity contribution in [2.45, 2.75) is 31.0 Å². The SMILES string of the molecule is C[Si](C)(C)CSc1nccc(C(F)(F)F)n1. The van der Waals surface area contributed by atoms with Gasteiger partial charge in [-0.3, -0.25) is 0 Å². The van der Waals surface area contributed by atoms with Gasteiger partial charge in [-0.25, -0.2) is 9.97 Å². The third-order valence-electron chi connectivity index (χ3n) is 1.56. The van der Waals surface area contributed by atoms with E-state index in [0.29, 0.717) is 0 Å². The molecule has 0 aliphatic carbocycles. The molecule has 0 saturated heterocycles. The molecule has 1 aromatic rings. The van der Waals surface area contributed by atoms with E-state index in [1.54, 1.807) is 0 Å². The van der Waals surface area contributed by atoms with Crippen LogP contribution in [0.5, 0.6) is 0 Å². The summed E-state index contributed by atoms with van der Waals surface area (Å²) < 4.78 is 37.1. The van der Waals surface area contributed by atoms with Gasteiger partial charge in [0.2, 0.25) is 0 Å². The van der Waals surface area contributed by atoms with Gasteiger partial charge in [0.25, 0.3) is 0 Å². The van der Waals surface area contributed by atoms with Crippen LogP contribution >= 0.6 is 11.8 Å². The maximum Gasteiger partial charge on any atom is 0.433 e. The van der Waals surface area contributed by atoms with Crippen molar-refractivity contribution < 1.29 is 13.2 Å². The molecule has 0 saturated carbocycles. The Balaban J connectivity index is 2.76. The largest absolute Gasteiger partial charge is 0.433 e. The lowest BCUT2D eigenvalue weighted by Crippen LogP contribution is -2.24. The predicted octanol–water partition coefficient (Wildman–Crippen LogP) is 3.46. The highest BCUT2D eigenvalue weighted by Crippen LogP contribution is 2.28. The molecule has 1 rings (SSSR count). The van der Waals surface area contributed by atoms with Crippen molar-refractivity contribution in [3.8, 4) is 0 Å². The summed E-state index contributed by atoms with van der Waals surface area (Å²) in [4.78, 5) is 7.33. The molecule has 0 unspecified atom stereocenters. The Labute approximate surface area is 97.7 Å². The normalized spacial score (nSPS) is 12.9. The zero-order valence-corrected chi connectivity index (χ0v) is 11.1. The van der Waals surface area contributed by atoms with Crippen LogP contribution in [-0.2, 0) is 6.18 Å². The van der Waals surface area contributed by atoms with Crippen molar-refractivity contribution in [3.05, 3.63) is 18.0 Å². The average molecular weight is 266 g/mol. The van der Waals surface area contributed by atoms with Crippen LogP contribution in [0.4, 0.5) is 13.2 Å². The maximum absolute atomic E-state index is 12.4. The Morgan fingerprint density at radius 3 is 2.44 bits per heavy atom. The first-order valence-corrected chi connectivity index (χ1v) is 9.41. The summed E-state index contributed by atoms with van der Waals surface area (Å²) in [6.45, 7) is 6.44. The van der Waals surface area contributed by atoms with E-state index in [9.17, 15) is 13.2 Å². The van der Waals surface area contributed by atoms with E-state index in [0.717, 1.165) is 17.6 Å². The first kappa shape index (κ1) is 13.5. The molecule has 0 aromatic carbocycles. The summed E-state index contributed by atoms with van der Waals surface area (Å²) >= 11 is 1.30. The highest BCUT2D eigenvalue weighted by Gasteiger charge is 2.32. The van der Waals surface area contributed by atoms with Gasteiger partial charge in [0.1, 0.15) is 5.69 Å². The van der Waals surface area contributed by atoms with Crippen molar-refractivity contribution in [1.29, 1.82) is 0 Å². The molecule has 0 radical (unpaired) electrons. The van der Waals surface area contributed by atoms with Crippen molar-refractivity contribution in [1.82, 2.24) is 9.97 Å². The third kappa shape index (κ3) is 4.52. The van der Waals surface area contributed by atoms with E-state index in [-0.39, 0.29) is 5.16 Å². The van der Waals surface area contributed by atoms with Crippen LogP contribution in [0.3, 0.4) is 0 Å². The fraction of sp³-hybridized carbons (Fsp3) is 0.556. The summed E-state index contributed by atoms with van der Waals surface area (Å²) in [5.41, 5.74) is -0.874. The van der Waals surface area contributed by atoms with Crippen LogP contribution in [0.15, 0.2) is 17.4 Å². The van der Waals surface area contributed by atoms with Crippen LogP contribution in [-0.4, -0.2) is 23.4 Å². The van der Waals surface area contributed by atoms with Gasteiger partial charge in [-0.1, -0.05) is 31.4 Å². The Kier molecular flexibility index (Phi) is 4.00. The fourth-order valence-electron chi connectivity index (χ4n) is 0.849. The van der Waals surface area contributed by atoms with Gasteiger partial charge in [0.15, 0.2) is 5.16 Å². The molecule has 0 N–H and O–H groups in total. The standard InChI is InChI=1S/C9H13F3N2SSi/c1-16(2,3)6-15-8-13-5-4-7(14-8)9(10,11)12/h4-5H,6H2,1-3H3. The number of hydrogen-bond donors (Lipinski definition) is 0. The Morgan fingerprint density at radius 1 is 1.31 bits per heavy atom. The van der Waals surface area contributed by atoms with Crippen LogP contribution < -0.4 is 0 Å². The van der Waals surface area contributed by atoms with E-state index in [1.165, 1.54) is 11.8 Å². The van der Waals surface area contributed by atoms with E-state index in [1.807, 2.05) is 0 Å².